The summed E-state index contributed by atoms with van der Waals surface area (Å²) >= 11 is 0. The first-order valence-corrected chi connectivity index (χ1v) is 7.06. The van der Waals surface area contributed by atoms with Crippen LogP contribution in [-0.2, 0) is 11.2 Å². The van der Waals surface area contributed by atoms with Gasteiger partial charge in [0.25, 0.3) is 0 Å². The molecule has 0 aliphatic heterocycles. The van der Waals surface area contributed by atoms with Gasteiger partial charge in [-0.3, -0.25) is 4.79 Å². The van der Waals surface area contributed by atoms with E-state index in [9.17, 15) is 4.79 Å². The largest absolute Gasteiger partial charge is 0.310 e. The molecule has 0 spiro atoms. The first kappa shape index (κ1) is 12.9. The summed E-state index contributed by atoms with van der Waals surface area (Å²) in [6, 6.07) is 12.1. The Bertz CT molecular complexity index is 636. The average Bonchev–Trinajstić information content (AvgIpc) is 2.49. The average molecular weight is 266 g/mol. The molecule has 1 aliphatic rings. The Hall–Kier alpha value is -2.16. The minimum atomic E-state index is -0.0543. The number of rotatable bonds is 2. The fourth-order valence-electron chi connectivity index (χ4n) is 2.85. The van der Waals surface area contributed by atoms with Gasteiger partial charge in [-0.15, -0.1) is 0 Å². The third-order valence-corrected chi connectivity index (χ3v) is 3.94. The Labute approximate surface area is 119 Å². The van der Waals surface area contributed by atoms with Crippen molar-refractivity contribution in [2.24, 2.45) is 0 Å². The number of nitrogens with one attached hydrogen (secondary N) is 1. The molecule has 1 amide bonds. The van der Waals surface area contributed by atoms with E-state index < -0.39 is 0 Å². The molecule has 1 atom stereocenters. The van der Waals surface area contributed by atoms with Crippen molar-refractivity contribution in [3.63, 3.8) is 0 Å². The van der Waals surface area contributed by atoms with E-state index in [0.717, 1.165) is 24.8 Å². The van der Waals surface area contributed by atoms with Gasteiger partial charge >= 0.3 is 0 Å². The Morgan fingerprint density at radius 1 is 1.25 bits per heavy atom. The molecule has 3 rings (SSSR count). The van der Waals surface area contributed by atoms with Crippen LogP contribution in [0.2, 0.25) is 0 Å². The number of amides is 1. The molecule has 20 heavy (non-hydrogen) atoms. The third kappa shape index (κ3) is 2.44. The maximum Gasteiger partial charge on any atom is 0.233 e. The number of pyridine rings is 1. The maximum absolute atomic E-state index is 12.5. The van der Waals surface area contributed by atoms with E-state index in [2.05, 4.69) is 22.4 Å². The van der Waals surface area contributed by atoms with E-state index in [1.54, 1.807) is 6.20 Å². The molecule has 3 nitrogen and oxygen atoms in total. The number of nitrogens with zero attached hydrogens (tertiary/aromatic N) is 1. The zero-order valence-electron chi connectivity index (χ0n) is 11.6. The smallest absolute Gasteiger partial charge is 0.233 e. The van der Waals surface area contributed by atoms with E-state index in [1.807, 2.05) is 31.2 Å². The topological polar surface area (TPSA) is 42.0 Å². The normalized spacial score (nSPS) is 17.4. The van der Waals surface area contributed by atoms with Gasteiger partial charge in [0.05, 0.1) is 5.92 Å². The van der Waals surface area contributed by atoms with Crippen molar-refractivity contribution in [3.8, 4) is 0 Å². The summed E-state index contributed by atoms with van der Waals surface area (Å²) in [5.41, 5.74) is 3.46. The number of anilines is 1. The highest BCUT2D eigenvalue weighted by Gasteiger charge is 2.26. The highest BCUT2D eigenvalue weighted by molar-refractivity contribution is 5.96. The Kier molecular flexibility index (Phi) is 3.50. The fraction of sp³-hybridized carbons (Fsp3) is 0.294. The molecule has 1 aromatic carbocycles. The summed E-state index contributed by atoms with van der Waals surface area (Å²) in [6.45, 7) is 1.96. The Morgan fingerprint density at radius 3 is 2.95 bits per heavy atom. The third-order valence-electron chi connectivity index (χ3n) is 3.94. The molecular weight excluding hydrogens is 248 g/mol. The Balaban J connectivity index is 1.84. The van der Waals surface area contributed by atoms with Crippen molar-refractivity contribution in [1.29, 1.82) is 0 Å². The second kappa shape index (κ2) is 5.45. The van der Waals surface area contributed by atoms with Gasteiger partial charge in [-0.2, -0.15) is 0 Å². The lowest BCUT2D eigenvalue weighted by Gasteiger charge is -2.24. The summed E-state index contributed by atoms with van der Waals surface area (Å²) in [4.78, 5) is 16.8. The van der Waals surface area contributed by atoms with Crippen molar-refractivity contribution in [2.75, 3.05) is 5.32 Å². The number of benzene rings is 1. The van der Waals surface area contributed by atoms with E-state index in [1.165, 1.54) is 11.1 Å². The summed E-state index contributed by atoms with van der Waals surface area (Å²) in [6.07, 6.45) is 4.75. The number of hydrogen-bond acceptors (Lipinski definition) is 2. The number of aryl methyl sites for hydroxylation is 2. The molecule has 0 fully saturated rings. The van der Waals surface area contributed by atoms with Crippen LogP contribution >= 0.6 is 0 Å². The number of fused-ring (bicyclic) bond motifs is 1. The highest BCUT2D eigenvalue weighted by Crippen LogP contribution is 2.32. The second-order valence-corrected chi connectivity index (χ2v) is 5.30. The minimum absolute atomic E-state index is 0.0543. The van der Waals surface area contributed by atoms with Crippen molar-refractivity contribution in [1.82, 2.24) is 4.98 Å². The van der Waals surface area contributed by atoms with E-state index in [4.69, 9.17) is 0 Å². The van der Waals surface area contributed by atoms with Crippen LogP contribution in [0.3, 0.4) is 0 Å². The first-order chi connectivity index (χ1) is 9.75. The van der Waals surface area contributed by atoms with Crippen molar-refractivity contribution in [2.45, 2.75) is 32.1 Å². The van der Waals surface area contributed by atoms with Crippen LogP contribution in [-0.4, -0.2) is 10.9 Å². The zero-order chi connectivity index (χ0) is 13.9. The molecule has 1 aliphatic carbocycles. The standard InChI is InChI=1S/C17H18N2O/c1-12-6-5-11-18-16(12)19-17(20)15-10-4-8-13-7-2-3-9-14(13)15/h2-3,5-7,9,11,15H,4,8,10H2,1H3,(H,18,19,20)/t15-/m1/s1. The van der Waals surface area contributed by atoms with Gasteiger partial charge in [0, 0.05) is 6.20 Å². The summed E-state index contributed by atoms with van der Waals surface area (Å²) in [5, 5.41) is 2.97. The quantitative estimate of drug-likeness (QED) is 0.904. The lowest BCUT2D eigenvalue weighted by atomic mass is 9.82. The number of carbonyl (C=O) groups is 1. The van der Waals surface area contributed by atoms with Crippen LogP contribution in [0.5, 0.6) is 0 Å². The summed E-state index contributed by atoms with van der Waals surface area (Å²) in [7, 11) is 0. The maximum atomic E-state index is 12.5. The van der Waals surface area contributed by atoms with Crippen LogP contribution in [0.25, 0.3) is 0 Å². The molecule has 0 unspecified atom stereocenters. The van der Waals surface area contributed by atoms with E-state index in [0.29, 0.717) is 5.82 Å². The lowest BCUT2D eigenvalue weighted by molar-refractivity contribution is -0.117. The molecular formula is C17H18N2O. The van der Waals surface area contributed by atoms with Crippen molar-refractivity contribution < 1.29 is 4.79 Å². The van der Waals surface area contributed by atoms with Gasteiger partial charge in [-0.1, -0.05) is 30.3 Å². The van der Waals surface area contributed by atoms with E-state index >= 15 is 0 Å². The van der Waals surface area contributed by atoms with Gasteiger partial charge in [0.1, 0.15) is 5.82 Å². The van der Waals surface area contributed by atoms with Crippen LogP contribution in [0.4, 0.5) is 5.82 Å². The number of hydrogen-bond donors (Lipinski definition) is 1. The van der Waals surface area contributed by atoms with Gasteiger partial charge in [0.2, 0.25) is 5.91 Å². The first-order valence-electron chi connectivity index (χ1n) is 7.06. The summed E-state index contributed by atoms with van der Waals surface area (Å²) in [5.74, 6) is 0.667. The van der Waals surface area contributed by atoms with Crippen molar-refractivity contribution in [3.05, 3.63) is 59.3 Å². The minimum Gasteiger partial charge on any atom is -0.310 e. The predicted molar refractivity (Wildman–Crippen MR) is 79.7 cm³/mol. The number of aromatic nitrogens is 1. The van der Waals surface area contributed by atoms with Crippen LogP contribution in [0.1, 0.15) is 35.4 Å². The molecule has 0 saturated heterocycles. The second-order valence-electron chi connectivity index (χ2n) is 5.30. The molecule has 0 radical (unpaired) electrons. The fourth-order valence-corrected chi connectivity index (χ4v) is 2.85. The van der Waals surface area contributed by atoms with Gasteiger partial charge in [-0.25, -0.2) is 4.98 Å². The predicted octanol–water partition coefficient (Wildman–Crippen LogP) is 3.45. The van der Waals surface area contributed by atoms with Crippen molar-refractivity contribution >= 4 is 11.7 Å². The molecule has 3 heteroatoms. The van der Waals surface area contributed by atoms with Gasteiger partial charge in [0.15, 0.2) is 0 Å². The molecule has 0 saturated carbocycles. The lowest BCUT2D eigenvalue weighted by Crippen LogP contribution is -2.25. The molecule has 1 heterocycles. The van der Waals surface area contributed by atoms with Gasteiger partial charge < -0.3 is 5.32 Å². The van der Waals surface area contributed by atoms with E-state index in [-0.39, 0.29) is 11.8 Å². The highest BCUT2D eigenvalue weighted by atomic mass is 16.1. The SMILES string of the molecule is Cc1cccnc1NC(=O)[C@@H]1CCCc2ccccc21. The van der Waals surface area contributed by atoms with Crippen LogP contribution < -0.4 is 5.32 Å². The Morgan fingerprint density at radius 2 is 2.10 bits per heavy atom. The monoisotopic (exact) mass is 266 g/mol. The molecule has 0 bridgehead atoms. The number of carbonyl (C=O) groups excluding carboxylic acids is 1. The van der Waals surface area contributed by atoms with Crippen LogP contribution in [0.15, 0.2) is 42.6 Å². The summed E-state index contributed by atoms with van der Waals surface area (Å²) < 4.78 is 0. The molecule has 1 aromatic heterocycles. The molecule has 2 aromatic rings. The van der Waals surface area contributed by atoms with Gasteiger partial charge in [-0.05, 0) is 48.9 Å². The zero-order valence-corrected chi connectivity index (χ0v) is 11.6. The molecule has 1 N–H and O–H groups in total. The van der Waals surface area contributed by atoms with Crippen LogP contribution in [0, 0.1) is 6.92 Å². The molecule has 102 valence electrons.